The maximum Gasteiger partial charge on any atom is 0.315 e. The minimum absolute atomic E-state index is 0.0894. The van der Waals surface area contributed by atoms with Gasteiger partial charge in [-0.05, 0) is 11.1 Å². The molecular weight excluding hydrogens is 292 g/mol. The lowest BCUT2D eigenvalue weighted by Crippen LogP contribution is -2.40. The number of carbonyl (C=O) groups is 1. The van der Waals surface area contributed by atoms with Gasteiger partial charge in [-0.2, -0.15) is 0 Å². The van der Waals surface area contributed by atoms with Crippen LogP contribution in [0.5, 0.6) is 0 Å². The van der Waals surface area contributed by atoms with Crippen molar-refractivity contribution in [2.45, 2.75) is 12.6 Å². The van der Waals surface area contributed by atoms with Crippen molar-refractivity contribution in [3.05, 3.63) is 71.8 Å². The molecule has 5 nitrogen and oxygen atoms in total. The molecule has 23 heavy (non-hydrogen) atoms. The average Bonchev–Trinajstić information content (AvgIpc) is 2.61. The molecule has 0 saturated carbocycles. The number of hydrogen-bond acceptors (Lipinski definition) is 3. The highest BCUT2D eigenvalue weighted by molar-refractivity contribution is 5.74. The van der Waals surface area contributed by atoms with Gasteiger partial charge < -0.3 is 20.5 Å². The van der Waals surface area contributed by atoms with Crippen molar-refractivity contribution < 1.29 is 14.6 Å². The molecule has 122 valence electrons. The Kier molecular flexibility index (Phi) is 7.10. The number of rotatable bonds is 8. The molecule has 0 aliphatic rings. The van der Waals surface area contributed by atoms with E-state index in [0.29, 0.717) is 13.2 Å². The molecule has 0 spiro atoms. The Labute approximate surface area is 136 Å². The van der Waals surface area contributed by atoms with Crippen molar-refractivity contribution in [2.75, 3.05) is 19.8 Å². The van der Waals surface area contributed by atoms with Gasteiger partial charge in [0.2, 0.25) is 0 Å². The third kappa shape index (κ3) is 6.10. The molecule has 1 unspecified atom stereocenters. The predicted molar refractivity (Wildman–Crippen MR) is 88.9 cm³/mol. The fourth-order valence-corrected chi connectivity index (χ4v) is 2.15. The fraction of sp³-hybridized carbons (Fsp3) is 0.278. The van der Waals surface area contributed by atoms with E-state index in [2.05, 4.69) is 10.6 Å². The number of amides is 2. The smallest absolute Gasteiger partial charge is 0.315 e. The molecule has 2 amide bonds. The van der Waals surface area contributed by atoms with Gasteiger partial charge in [-0.15, -0.1) is 0 Å². The molecule has 3 N–H and O–H groups in total. The zero-order valence-electron chi connectivity index (χ0n) is 12.9. The van der Waals surface area contributed by atoms with Gasteiger partial charge in [-0.25, -0.2) is 4.79 Å². The number of aliphatic hydroxyl groups excluding tert-OH is 1. The SMILES string of the molecule is O=C(NCCO)NC(COCc1ccccc1)c1ccccc1. The molecule has 0 fully saturated rings. The molecule has 0 aromatic heterocycles. The average molecular weight is 314 g/mol. The summed E-state index contributed by atoms with van der Waals surface area (Å²) in [7, 11) is 0. The monoisotopic (exact) mass is 314 g/mol. The highest BCUT2D eigenvalue weighted by Gasteiger charge is 2.14. The summed E-state index contributed by atoms with van der Waals surface area (Å²) in [6.45, 7) is 0.988. The molecule has 0 saturated heterocycles. The first-order valence-corrected chi connectivity index (χ1v) is 7.61. The molecular formula is C18H22N2O3. The van der Waals surface area contributed by atoms with Crippen LogP contribution in [0.15, 0.2) is 60.7 Å². The summed E-state index contributed by atoms with van der Waals surface area (Å²) in [6.07, 6.45) is 0. The lowest BCUT2D eigenvalue weighted by molar-refractivity contribution is 0.100. The van der Waals surface area contributed by atoms with E-state index in [1.807, 2.05) is 60.7 Å². The van der Waals surface area contributed by atoms with Crippen LogP contribution in [0, 0.1) is 0 Å². The van der Waals surface area contributed by atoms with E-state index in [9.17, 15) is 4.79 Å². The first-order chi connectivity index (χ1) is 11.3. The van der Waals surface area contributed by atoms with Crippen molar-refractivity contribution in [3.63, 3.8) is 0 Å². The van der Waals surface area contributed by atoms with Gasteiger partial charge in [0.1, 0.15) is 0 Å². The van der Waals surface area contributed by atoms with E-state index >= 15 is 0 Å². The molecule has 0 heterocycles. The fourth-order valence-electron chi connectivity index (χ4n) is 2.15. The van der Waals surface area contributed by atoms with Gasteiger partial charge in [0, 0.05) is 6.54 Å². The lowest BCUT2D eigenvalue weighted by Gasteiger charge is -2.19. The molecule has 2 aromatic rings. The lowest BCUT2D eigenvalue weighted by atomic mass is 10.1. The number of benzene rings is 2. The van der Waals surface area contributed by atoms with Crippen LogP contribution in [0.25, 0.3) is 0 Å². The van der Waals surface area contributed by atoms with Crippen molar-refractivity contribution in [2.24, 2.45) is 0 Å². The summed E-state index contributed by atoms with van der Waals surface area (Å²) < 4.78 is 5.75. The second kappa shape index (κ2) is 9.61. The number of hydrogen-bond donors (Lipinski definition) is 3. The third-order valence-corrected chi connectivity index (χ3v) is 3.30. The molecule has 0 aliphatic heterocycles. The van der Waals surface area contributed by atoms with Crippen LogP contribution in [-0.4, -0.2) is 30.9 Å². The van der Waals surface area contributed by atoms with Crippen LogP contribution in [0.3, 0.4) is 0 Å². The molecule has 0 bridgehead atoms. The van der Waals surface area contributed by atoms with Crippen molar-refractivity contribution >= 4 is 6.03 Å². The van der Waals surface area contributed by atoms with Crippen LogP contribution in [0.2, 0.25) is 0 Å². The van der Waals surface area contributed by atoms with Crippen LogP contribution < -0.4 is 10.6 Å². The molecule has 0 radical (unpaired) electrons. The van der Waals surface area contributed by atoms with Gasteiger partial charge in [-0.3, -0.25) is 0 Å². The Balaban J connectivity index is 1.92. The summed E-state index contributed by atoms with van der Waals surface area (Å²) in [6, 6.07) is 19.0. The zero-order valence-corrected chi connectivity index (χ0v) is 12.9. The minimum Gasteiger partial charge on any atom is -0.395 e. The van der Waals surface area contributed by atoms with Crippen LogP contribution >= 0.6 is 0 Å². The van der Waals surface area contributed by atoms with Crippen LogP contribution in [0.4, 0.5) is 4.79 Å². The predicted octanol–water partition coefficient (Wildman–Crippen LogP) is 2.24. The third-order valence-electron chi connectivity index (χ3n) is 3.30. The zero-order chi connectivity index (χ0) is 16.3. The number of urea groups is 1. The largest absolute Gasteiger partial charge is 0.395 e. The summed E-state index contributed by atoms with van der Waals surface area (Å²) in [5, 5.41) is 14.2. The molecule has 0 aliphatic carbocycles. The number of carbonyl (C=O) groups excluding carboxylic acids is 1. The quantitative estimate of drug-likeness (QED) is 0.700. The number of aliphatic hydroxyl groups is 1. The standard InChI is InChI=1S/C18H22N2O3/c21-12-11-19-18(22)20-17(16-9-5-2-6-10-16)14-23-13-15-7-3-1-4-8-15/h1-10,17,21H,11-14H2,(H2,19,20,22). The Bertz CT molecular complexity index is 575. The Morgan fingerprint density at radius 1 is 1.04 bits per heavy atom. The number of nitrogens with one attached hydrogen (secondary N) is 2. The van der Waals surface area contributed by atoms with Gasteiger partial charge in [-0.1, -0.05) is 60.7 Å². The Morgan fingerprint density at radius 3 is 2.35 bits per heavy atom. The topological polar surface area (TPSA) is 70.6 Å². The first kappa shape index (κ1) is 17.0. The summed E-state index contributed by atoms with van der Waals surface area (Å²) in [5.74, 6) is 0. The van der Waals surface area contributed by atoms with E-state index in [1.165, 1.54) is 0 Å². The number of ether oxygens (including phenoxy) is 1. The molecule has 2 rings (SSSR count). The first-order valence-electron chi connectivity index (χ1n) is 7.61. The van der Waals surface area contributed by atoms with Crippen molar-refractivity contribution in [1.29, 1.82) is 0 Å². The second-order valence-corrected chi connectivity index (χ2v) is 5.09. The van der Waals surface area contributed by atoms with Crippen LogP contribution in [-0.2, 0) is 11.3 Å². The summed E-state index contributed by atoms with van der Waals surface area (Å²) in [4.78, 5) is 11.8. The summed E-state index contributed by atoms with van der Waals surface area (Å²) >= 11 is 0. The van der Waals surface area contributed by atoms with Gasteiger partial charge >= 0.3 is 6.03 Å². The Morgan fingerprint density at radius 2 is 1.70 bits per heavy atom. The summed E-state index contributed by atoms with van der Waals surface area (Å²) in [5.41, 5.74) is 2.06. The Hall–Kier alpha value is -2.37. The second-order valence-electron chi connectivity index (χ2n) is 5.09. The van der Waals surface area contributed by atoms with E-state index in [-0.39, 0.29) is 25.2 Å². The van der Waals surface area contributed by atoms with Crippen LogP contribution in [0.1, 0.15) is 17.2 Å². The molecule has 2 aromatic carbocycles. The molecule has 5 heteroatoms. The molecule has 1 atom stereocenters. The van der Waals surface area contributed by atoms with E-state index in [0.717, 1.165) is 11.1 Å². The van der Waals surface area contributed by atoms with Gasteiger partial charge in [0.05, 0.1) is 25.9 Å². The highest BCUT2D eigenvalue weighted by Crippen LogP contribution is 2.14. The van der Waals surface area contributed by atoms with Gasteiger partial charge in [0.25, 0.3) is 0 Å². The maximum absolute atomic E-state index is 11.8. The van der Waals surface area contributed by atoms with Crippen molar-refractivity contribution in [3.8, 4) is 0 Å². The highest BCUT2D eigenvalue weighted by atomic mass is 16.5. The van der Waals surface area contributed by atoms with E-state index in [4.69, 9.17) is 9.84 Å². The minimum atomic E-state index is -0.323. The normalized spacial score (nSPS) is 11.7. The van der Waals surface area contributed by atoms with E-state index < -0.39 is 0 Å². The maximum atomic E-state index is 11.8. The van der Waals surface area contributed by atoms with Gasteiger partial charge in [0.15, 0.2) is 0 Å². The van der Waals surface area contributed by atoms with Crippen molar-refractivity contribution in [1.82, 2.24) is 10.6 Å². The van der Waals surface area contributed by atoms with E-state index in [1.54, 1.807) is 0 Å².